The SMILES string of the molecule is CC/C=C\C/C=C\C/C=C\C/C=C\C/C=C\C/C=C\C/C=C\CCCCOCC(CO)OC(=O)CCCCCCCCCCC/C=C\CCCCCCCC. The van der Waals surface area contributed by atoms with E-state index in [1.54, 1.807) is 0 Å². The van der Waals surface area contributed by atoms with Crippen LogP contribution in [0.2, 0.25) is 0 Å². The Morgan fingerprint density at radius 3 is 1.25 bits per heavy atom. The van der Waals surface area contributed by atoms with Crippen LogP contribution in [0.1, 0.15) is 194 Å². The van der Waals surface area contributed by atoms with Crippen LogP contribution in [0.15, 0.2) is 97.2 Å². The summed E-state index contributed by atoms with van der Waals surface area (Å²) in [6.45, 7) is 5.12. The zero-order valence-corrected chi connectivity index (χ0v) is 35.9. The van der Waals surface area contributed by atoms with Crippen LogP contribution >= 0.6 is 0 Å². The third kappa shape index (κ3) is 45.6. The molecule has 1 atom stereocenters. The maximum atomic E-state index is 12.2. The number of aliphatic hydroxyl groups is 1. The first-order valence-electron chi connectivity index (χ1n) is 22.8. The molecule has 0 heterocycles. The van der Waals surface area contributed by atoms with Gasteiger partial charge in [-0.15, -0.1) is 0 Å². The molecular formula is C51H86O4. The Hall–Kier alpha value is -2.69. The molecule has 0 aliphatic rings. The molecule has 1 unspecified atom stereocenters. The summed E-state index contributed by atoms with van der Waals surface area (Å²) in [5, 5.41) is 9.62. The van der Waals surface area contributed by atoms with Gasteiger partial charge in [0.1, 0.15) is 6.10 Å². The standard InChI is InChI=1S/C51H86O4/c1-3-5-7-9-11-13-15-17-19-21-23-24-25-26-27-29-31-33-35-37-39-41-43-45-47-54-49-50(48-52)55-51(53)46-44-42-40-38-36-34-32-30-28-22-20-18-16-14-12-10-8-6-4-2/h5,7,11,13,17-20,23-24,26-27,31,33,37,39,50,52H,3-4,6,8-10,12,14-16,21-22,25,28-30,32,34-36,38,40-49H2,1-2H3/b7-5-,13-11-,19-17-,20-18-,24-23-,27-26-,33-31-,39-37-. The summed E-state index contributed by atoms with van der Waals surface area (Å²) < 4.78 is 11.1. The van der Waals surface area contributed by atoms with Crippen molar-refractivity contribution >= 4 is 5.97 Å². The third-order valence-corrected chi connectivity index (χ3v) is 9.39. The Labute approximate surface area is 341 Å². The van der Waals surface area contributed by atoms with Gasteiger partial charge < -0.3 is 14.6 Å². The van der Waals surface area contributed by atoms with E-state index in [2.05, 4.69) is 111 Å². The monoisotopic (exact) mass is 763 g/mol. The van der Waals surface area contributed by atoms with E-state index in [0.717, 1.165) is 77.0 Å². The molecule has 0 aliphatic carbocycles. The van der Waals surface area contributed by atoms with E-state index in [1.807, 2.05) is 0 Å². The third-order valence-electron chi connectivity index (χ3n) is 9.39. The van der Waals surface area contributed by atoms with Gasteiger partial charge in [-0.25, -0.2) is 0 Å². The van der Waals surface area contributed by atoms with Crippen molar-refractivity contribution < 1.29 is 19.4 Å². The van der Waals surface area contributed by atoms with Gasteiger partial charge in [0.25, 0.3) is 0 Å². The minimum Gasteiger partial charge on any atom is -0.457 e. The van der Waals surface area contributed by atoms with Gasteiger partial charge in [0, 0.05) is 13.0 Å². The summed E-state index contributed by atoms with van der Waals surface area (Å²) in [6.07, 6.45) is 67.6. The van der Waals surface area contributed by atoms with Crippen molar-refractivity contribution in [1.29, 1.82) is 0 Å². The Kier molecular flexibility index (Phi) is 45.1. The molecule has 0 aliphatic heterocycles. The molecule has 4 heteroatoms. The Morgan fingerprint density at radius 2 is 0.818 bits per heavy atom. The van der Waals surface area contributed by atoms with Crippen LogP contribution in [0.3, 0.4) is 0 Å². The highest BCUT2D eigenvalue weighted by atomic mass is 16.6. The van der Waals surface area contributed by atoms with Gasteiger partial charge >= 0.3 is 5.97 Å². The van der Waals surface area contributed by atoms with Crippen LogP contribution in [-0.4, -0.2) is 37.0 Å². The summed E-state index contributed by atoms with van der Waals surface area (Å²) in [4.78, 5) is 12.2. The first-order chi connectivity index (χ1) is 27.2. The average molecular weight is 763 g/mol. The van der Waals surface area contributed by atoms with E-state index in [9.17, 15) is 9.90 Å². The van der Waals surface area contributed by atoms with Gasteiger partial charge in [0.05, 0.1) is 13.2 Å². The van der Waals surface area contributed by atoms with Crippen LogP contribution in [0.5, 0.6) is 0 Å². The molecule has 1 N–H and O–H groups in total. The van der Waals surface area contributed by atoms with Crippen LogP contribution < -0.4 is 0 Å². The summed E-state index contributed by atoms with van der Waals surface area (Å²) in [7, 11) is 0. The number of hydrogen-bond donors (Lipinski definition) is 1. The van der Waals surface area contributed by atoms with Gasteiger partial charge in [0.2, 0.25) is 0 Å². The predicted molar refractivity (Wildman–Crippen MR) is 242 cm³/mol. The number of unbranched alkanes of at least 4 members (excludes halogenated alkanes) is 17. The number of hydrogen-bond acceptors (Lipinski definition) is 4. The van der Waals surface area contributed by atoms with Crippen molar-refractivity contribution in [2.75, 3.05) is 19.8 Å². The number of carbonyl (C=O) groups is 1. The van der Waals surface area contributed by atoms with Crippen molar-refractivity contribution in [2.24, 2.45) is 0 Å². The molecular weight excluding hydrogens is 677 g/mol. The van der Waals surface area contributed by atoms with Crippen LogP contribution in [0.25, 0.3) is 0 Å². The minimum absolute atomic E-state index is 0.196. The van der Waals surface area contributed by atoms with Gasteiger partial charge in [-0.3, -0.25) is 4.79 Å². The Morgan fingerprint density at radius 1 is 0.455 bits per heavy atom. The molecule has 0 rings (SSSR count). The summed E-state index contributed by atoms with van der Waals surface area (Å²) >= 11 is 0. The molecule has 0 amide bonds. The van der Waals surface area contributed by atoms with E-state index in [-0.39, 0.29) is 19.2 Å². The van der Waals surface area contributed by atoms with Crippen LogP contribution in [0, 0.1) is 0 Å². The van der Waals surface area contributed by atoms with Gasteiger partial charge in [0.15, 0.2) is 0 Å². The average Bonchev–Trinajstić information content (AvgIpc) is 3.19. The molecule has 0 aromatic heterocycles. The number of rotatable bonds is 41. The fourth-order valence-corrected chi connectivity index (χ4v) is 6.01. The first kappa shape index (κ1) is 52.3. The Bertz CT molecular complexity index is 1030. The zero-order valence-electron chi connectivity index (χ0n) is 35.9. The number of esters is 1. The molecule has 0 radical (unpaired) electrons. The fraction of sp³-hybridized carbons (Fsp3) is 0.667. The van der Waals surface area contributed by atoms with E-state index in [4.69, 9.17) is 9.47 Å². The smallest absolute Gasteiger partial charge is 0.306 e. The van der Waals surface area contributed by atoms with Gasteiger partial charge in [-0.2, -0.15) is 0 Å². The van der Waals surface area contributed by atoms with Gasteiger partial charge in [-0.05, 0) is 96.3 Å². The quantitative estimate of drug-likeness (QED) is 0.0383. The van der Waals surface area contributed by atoms with Crippen LogP contribution in [-0.2, 0) is 14.3 Å². The van der Waals surface area contributed by atoms with Crippen LogP contribution in [0.4, 0.5) is 0 Å². The lowest BCUT2D eigenvalue weighted by Gasteiger charge is -2.15. The summed E-state index contributed by atoms with van der Waals surface area (Å²) in [5.74, 6) is -0.222. The van der Waals surface area contributed by atoms with E-state index in [0.29, 0.717) is 13.0 Å². The lowest BCUT2D eigenvalue weighted by atomic mass is 10.1. The molecule has 0 saturated carbocycles. The number of allylic oxidation sites excluding steroid dienone is 16. The summed E-state index contributed by atoms with van der Waals surface area (Å²) in [5.41, 5.74) is 0. The van der Waals surface area contributed by atoms with E-state index in [1.165, 1.54) is 96.3 Å². The first-order valence-corrected chi connectivity index (χ1v) is 22.8. The largest absolute Gasteiger partial charge is 0.457 e. The second-order valence-corrected chi connectivity index (χ2v) is 14.7. The fourth-order valence-electron chi connectivity index (χ4n) is 6.01. The lowest BCUT2D eigenvalue weighted by molar-refractivity contribution is -0.154. The predicted octanol–water partition coefficient (Wildman–Crippen LogP) is 15.3. The number of carbonyl (C=O) groups excluding carboxylic acids is 1. The van der Waals surface area contributed by atoms with Crippen molar-refractivity contribution in [1.82, 2.24) is 0 Å². The summed E-state index contributed by atoms with van der Waals surface area (Å²) in [6, 6.07) is 0. The Balaban J connectivity index is 3.57. The number of ether oxygens (including phenoxy) is 2. The second-order valence-electron chi connectivity index (χ2n) is 14.7. The maximum Gasteiger partial charge on any atom is 0.306 e. The molecule has 314 valence electrons. The zero-order chi connectivity index (χ0) is 39.8. The highest BCUT2D eigenvalue weighted by Crippen LogP contribution is 2.13. The van der Waals surface area contributed by atoms with E-state index < -0.39 is 6.10 Å². The van der Waals surface area contributed by atoms with Crippen molar-refractivity contribution in [2.45, 2.75) is 200 Å². The second kappa shape index (κ2) is 47.5. The molecule has 0 aromatic rings. The highest BCUT2D eigenvalue weighted by molar-refractivity contribution is 5.69. The molecule has 0 fully saturated rings. The minimum atomic E-state index is -0.565. The molecule has 4 nitrogen and oxygen atoms in total. The molecule has 55 heavy (non-hydrogen) atoms. The van der Waals surface area contributed by atoms with Crippen molar-refractivity contribution in [3.63, 3.8) is 0 Å². The number of aliphatic hydroxyl groups excluding tert-OH is 1. The maximum absolute atomic E-state index is 12.2. The molecule has 0 saturated heterocycles. The topological polar surface area (TPSA) is 55.8 Å². The van der Waals surface area contributed by atoms with Crippen molar-refractivity contribution in [3.8, 4) is 0 Å². The normalized spacial score (nSPS) is 13.3. The molecule has 0 spiro atoms. The van der Waals surface area contributed by atoms with Gasteiger partial charge in [-0.1, -0.05) is 188 Å². The highest BCUT2D eigenvalue weighted by Gasteiger charge is 2.13. The molecule has 0 aromatic carbocycles. The molecule has 0 bridgehead atoms. The van der Waals surface area contributed by atoms with E-state index >= 15 is 0 Å². The van der Waals surface area contributed by atoms with Crippen molar-refractivity contribution in [3.05, 3.63) is 97.2 Å². The lowest BCUT2D eigenvalue weighted by Crippen LogP contribution is -2.27.